The van der Waals surface area contributed by atoms with E-state index in [2.05, 4.69) is 26.6 Å². The third kappa shape index (κ3) is 6.94. The number of nitrogens with zero attached hydrogens (tertiary/aromatic N) is 3. The number of anilines is 2. The van der Waals surface area contributed by atoms with Crippen LogP contribution in [0.5, 0.6) is 11.5 Å². The zero-order chi connectivity index (χ0) is 32.2. The van der Waals surface area contributed by atoms with E-state index in [1.807, 2.05) is 105 Å². The van der Waals surface area contributed by atoms with E-state index < -0.39 is 6.04 Å². The van der Waals surface area contributed by atoms with E-state index in [-0.39, 0.29) is 5.91 Å². The molecular formula is C35H31BrClN5O3S. The van der Waals surface area contributed by atoms with Gasteiger partial charge in [0, 0.05) is 26.6 Å². The lowest BCUT2D eigenvalue weighted by atomic mass is 9.94. The van der Waals surface area contributed by atoms with E-state index in [4.69, 9.17) is 31.2 Å². The maximum Gasteiger partial charge on any atom is 0.255 e. The molecule has 2 N–H and O–H groups in total. The second-order valence-corrected chi connectivity index (χ2v) is 13.0. The number of amides is 1. The average molecular weight is 717 g/mol. The maximum absolute atomic E-state index is 14.0. The molecule has 2 heterocycles. The van der Waals surface area contributed by atoms with Gasteiger partial charge < -0.3 is 20.1 Å². The van der Waals surface area contributed by atoms with Gasteiger partial charge in [-0.2, -0.15) is 4.98 Å². The Labute approximate surface area is 285 Å². The van der Waals surface area contributed by atoms with E-state index in [9.17, 15) is 4.79 Å². The number of hydrogen-bond acceptors (Lipinski definition) is 7. The van der Waals surface area contributed by atoms with Gasteiger partial charge in [0.2, 0.25) is 11.1 Å². The smallest absolute Gasteiger partial charge is 0.255 e. The number of thioether (sulfide) groups is 1. The number of carbonyl (C=O) groups is 1. The van der Waals surface area contributed by atoms with Crippen molar-refractivity contribution < 1.29 is 14.3 Å². The molecule has 0 saturated heterocycles. The Morgan fingerprint density at radius 2 is 1.78 bits per heavy atom. The molecule has 46 heavy (non-hydrogen) atoms. The van der Waals surface area contributed by atoms with Gasteiger partial charge in [-0.15, -0.1) is 5.10 Å². The summed E-state index contributed by atoms with van der Waals surface area (Å²) in [4.78, 5) is 18.8. The fourth-order valence-electron chi connectivity index (χ4n) is 5.17. The summed E-state index contributed by atoms with van der Waals surface area (Å²) in [5, 5.41) is 12.5. The number of aromatic nitrogens is 3. The highest BCUT2D eigenvalue weighted by molar-refractivity contribution is 9.10. The largest absolute Gasteiger partial charge is 0.493 e. The first-order valence-corrected chi connectivity index (χ1v) is 16.7. The molecule has 4 aromatic carbocycles. The SMILES string of the molecule is COc1cc(C2C(C(=O)Nc3ccccc3C)=C(C)Nc3nc(SCc4ccccc4Cl)nn32)ccc1OCc1ccc(Br)cc1. The van der Waals surface area contributed by atoms with Gasteiger partial charge in [0.25, 0.3) is 5.91 Å². The molecule has 8 nitrogen and oxygen atoms in total. The predicted molar refractivity (Wildman–Crippen MR) is 187 cm³/mol. The highest BCUT2D eigenvalue weighted by Crippen LogP contribution is 2.40. The van der Waals surface area contributed by atoms with Crippen LogP contribution in [0.4, 0.5) is 11.6 Å². The Morgan fingerprint density at radius 1 is 1.02 bits per heavy atom. The molecule has 1 amide bonds. The molecular weight excluding hydrogens is 686 g/mol. The number of carbonyl (C=O) groups excluding carboxylic acids is 1. The van der Waals surface area contributed by atoms with Gasteiger partial charge >= 0.3 is 0 Å². The molecule has 1 aromatic heterocycles. The summed E-state index contributed by atoms with van der Waals surface area (Å²) in [5.41, 5.74) is 5.68. The third-order valence-corrected chi connectivity index (χ3v) is 9.38. The van der Waals surface area contributed by atoms with Crippen LogP contribution in [0.2, 0.25) is 5.02 Å². The summed E-state index contributed by atoms with van der Waals surface area (Å²) >= 11 is 11.3. The molecule has 1 aliphatic heterocycles. The minimum atomic E-state index is -0.600. The molecule has 0 bridgehead atoms. The van der Waals surface area contributed by atoms with E-state index in [1.54, 1.807) is 11.8 Å². The molecule has 1 unspecified atom stereocenters. The van der Waals surface area contributed by atoms with Crippen LogP contribution in [-0.2, 0) is 17.2 Å². The molecule has 0 aliphatic carbocycles. The van der Waals surface area contributed by atoms with Gasteiger partial charge in [-0.1, -0.05) is 93.9 Å². The number of para-hydroxylation sites is 1. The van der Waals surface area contributed by atoms with Crippen molar-refractivity contribution in [3.8, 4) is 11.5 Å². The predicted octanol–water partition coefficient (Wildman–Crippen LogP) is 8.81. The number of fused-ring (bicyclic) bond motifs is 1. The van der Waals surface area contributed by atoms with Gasteiger partial charge in [-0.25, -0.2) is 4.68 Å². The lowest BCUT2D eigenvalue weighted by molar-refractivity contribution is -0.113. The number of methoxy groups -OCH3 is 1. The van der Waals surface area contributed by atoms with E-state index >= 15 is 0 Å². The first-order chi connectivity index (χ1) is 22.3. The first kappa shape index (κ1) is 31.7. The van der Waals surface area contributed by atoms with Gasteiger partial charge in [0.1, 0.15) is 12.6 Å². The highest BCUT2D eigenvalue weighted by Gasteiger charge is 2.35. The summed E-state index contributed by atoms with van der Waals surface area (Å²) in [6, 6.07) is 28.5. The third-order valence-electron chi connectivity index (χ3n) is 7.60. The van der Waals surface area contributed by atoms with Gasteiger partial charge in [-0.05, 0) is 72.5 Å². The monoisotopic (exact) mass is 715 g/mol. The van der Waals surface area contributed by atoms with Gasteiger partial charge in [0.05, 0.1) is 12.7 Å². The average Bonchev–Trinajstić information content (AvgIpc) is 3.46. The lowest BCUT2D eigenvalue weighted by Crippen LogP contribution is -2.31. The first-order valence-electron chi connectivity index (χ1n) is 14.5. The van der Waals surface area contributed by atoms with Crippen molar-refractivity contribution in [2.75, 3.05) is 17.7 Å². The summed E-state index contributed by atoms with van der Waals surface area (Å²) in [6.45, 7) is 4.21. The minimum absolute atomic E-state index is 0.245. The van der Waals surface area contributed by atoms with Crippen molar-refractivity contribution in [2.24, 2.45) is 0 Å². The Balaban J connectivity index is 1.35. The number of halogens is 2. The van der Waals surface area contributed by atoms with Crippen LogP contribution < -0.4 is 20.1 Å². The summed E-state index contributed by atoms with van der Waals surface area (Å²) < 4.78 is 14.7. The van der Waals surface area contributed by atoms with Crippen molar-refractivity contribution in [3.63, 3.8) is 0 Å². The Morgan fingerprint density at radius 3 is 2.54 bits per heavy atom. The van der Waals surface area contributed by atoms with E-state index in [0.29, 0.717) is 51.3 Å². The second kappa shape index (κ2) is 14.0. The topological polar surface area (TPSA) is 90.3 Å². The van der Waals surface area contributed by atoms with Crippen LogP contribution >= 0.6 is 39.3 Å². The number of aryl methyl sites for hydroxylation is 1. The molecule has 234 valence electrons. The zero-order valence-corrected chi connectivity index (χ0v) is 28.5. The zero-order valence-electron chi connectivity index (χ0n) is 25.4. The normalized spacial score (nSPS) is 14.0. The summed E-state index contributed by atoms with van der Waals surface area (Å²) in [6.07, 6.45) is 0. The van der Waals surface area contributed by atoms with Crippen LogP contribution in [0.3, 0.4) is 0 Å². The maximum atomic E-state index is 14.0. The molecule has 1 aliphatic rings. The van der Waals surface area contributed by atoms with E-state index in [1.165, 1.54) is 11.8 Å². The van der Waals surface area contributed by atoms with Crippen molar-refractivity contribution in [1.29, 1.82) is 0 Å². The Kier molecular flexibility index (Phi) is 9.67. The second-order valence-electron chi connectivity index (χ2n) is 10.7. The number of benzene rings is 4. The van der Waals surface area contributed by atoms with Gasteiger partial charge in [0.15, 0.2) is 11.5 Å². The number of ether oxygens (including phenoxy) is 2. The van der Waals surface area contributed by atoms with Crippen molar-refractivity contribution >= 4 is 56.8 Å². The summed E-state index contributed by atoms with van der Waals surface area (Å²) in [7, 11) is 1.60. The van der Waals surface area contributed by atoms with Gasteiger partial charge in [-0.3, -0.25) is 4.79 Å². The summed E-state index contributed by atoms with van der Waals surface area (Å²) in [5.74, 6) is 2.01. The minimum Gasteiger partial charge on any atom is -0.493 e. The fraction of sp³-hybridized carbons (Fsp3) is 0.171. The fourth-order valence-corrected chi connectivity index (χ4v) is 6.55. The number of nitrogens with one attached hydrogen (secondary N) is 2. The molecule has 0 fully saturated rings. The molecule has 6 rings (SSSR count). The molecule has 11 heteroatoms. The number of hydrogen-bond donors (Lipinski definition) is 2. The van der Waals surface area contributed by atoms with E-state index in [0.717, 1.165) is 32.4 Å². The quantitative estimate of drug-likeness (QED) is 0.140. The van der Waals surface area contributed by atoms with Crippen LogP contribution in [0.25, 0.3) is 0 Å². The van der Waals surface area contributed by atoms with Crippen molar-refractivity contribution in [1.82, 2.24) is 14.8 Å². The number of allylic oxidation sites excluding steroid dienone is 1. The molecule has 0 saturated carbocycles. The van der Waals surface area contributed by atoms with Crippen LogP contribution in [0, 0.1) is 6.92 Å². The highest BCUT2D eigenvalue weighted by atomic mass is 79.9. The van der Waals surface area contributed by atoms with Crippen LogP contribution in [0.15, 0.2) is 112 Å². The Bertz CT molecular complexity index is 1930. The number of rotatable bonds is 10. The van der Waals surface area contributed by atoms with Crippen LogP contribution in [0.1, 0.15) is 35.2 Å². The molecule has 0 radical (unpaired) electrons. The van der Waals surface area contributed by atoms with Crippen molar-refractivity contribution in [2.45, 2.75) is 37.4 Å². The lowest BCUT2D eigenvalue weighted by Gasteiger charge is -2.29. The van der Waals surface area contributed by atoms with Crippen LogP contribution in [-0.4, -0.2) is 27.8 Å². The molecule has 1 atom stereocenters. The Hall–Kier alpha value is -4.25. The van der Waals surface area contributed by atoms with Crippen molar-refractivity contribution in [3.05, 3.63) is 134 Å². The molecule has 5 aromatic rings. The molecule has 0 spiro atoms. The standard InChI is InChI=1S/C35H31BrClN5O3S/c1-21-8-4-7-11-28(21)39-33(43)31-22(2)38-34-40-35(46-20-25-9-5-6-10-27(25)37)41-42(34)32(31)24-14-17-29(30(18-24)44-3)45-19-23-12-15-26(36)16-13-23/h4-18,32H,19-20H2,1-3H3,(H,39,43)(H,38,40,41).